The number of rotatable bonds is 2. The molecular formula is C15H28. The molecule has 88 valence electrons. The predicted molar refractivity (Wildman–Crippen MR) is 74.6 cm³/mol. The lowest BCUT2D eigenvalue weighted by atomic mass is 10.1. The van der Waals surface area contributed by atoms with Crippen LogP contribution in [-0.4, -0.2) is 0 Å². The molecule has 0 saturated carbocycles. The van der Waals surface area contributed by atoms with E-state index in [0.29, 0.717) is 0 Å². The highest BCUT2D eigenvalue weighted by Crippen LogP contribution is 2.02. The Morgan fingerprint density at radius 3 is 1.53 bits per heavy atom. The maximum absolute atomic E-state index is 4.60. The molecule has 0 heteroatoms. The van der Waals surface area contributed by atoms with Gasteiger partial charge in [-0.05, 0) is 33.1 Å². The van der Waals surface area contributed by atoms with Gasteiger partial charge in [0, 0.05) is 0 Å². The summed E-state index contributed by atoms with van der Waals surface area (Å²) in [6, 6.07) is 0. The molecule has 0 atom stereocenters. The van der Waals surface area contributed by atoms with Crippen molar-refractivity contribution in [3.8, 4) is 25.2 Å². The fraction of sp³-hybridized carbons (Fsp3) is 0.600. The SMILES string of the molecule is C#C.C#CC.CC.CC(C)=CCC(C)C. The maximum Gasteiger partial charge on any atom is -0.00297 e. The van der Waals surface area contributed by atoms with E-state index in [9.17, 15) is 0 Å². The predicted octanol–water partition coefficient (Wildman–Crippen LogP) is 4.91. The molecule has 0 amide bonds. The molecule has 0 fully saturated rings. The van der Waals surface area contributed by atoms with Crippen LogP contribution in [0.4, 0.5) is 0 Å². The third-order valence-electron chi connectivity index (χ3n) is 0.998. The largest absolute Gasteiger partial charge is 0.124 e. The van der Waals surface area contributed by atoms with Crippen LogP contribution in [0.5, 0.6) is 0 Å². The Balaban J connectivity index is -0.0000000726. The van der Waals surface area contributed by atoms with Crippen molar-refractivity contribution in [2.24, 2.45) is 5.92 Å². The standard InChI is InChI=1S/C8H16.C3H4.C2H6.C2H2/c1-7(2)5-6-8(3)4;1-3-2;2*1-2/h5,8H,6H2,1-4H3;1H,2H3;1-2H3;1-2H. The van der Waals surface area contributed by atoms with Crippen molar-refractivity contribution in [1.29, 1.82) is 0 Å². The van der Waals surface area contributed by atoms with Crippen molar-refractivity contribution in [3.05, 3.63) is 11.6 Å². The van der Waals surface area contributed by atoms with Crippen LogP contribution in [0.15, 0.2) is 11.6 Å². The lowest BCUT2D eigenvalue weighted by Crippen LogP contribution is -1.81. The first kappa shape index (κ1) is 23.6. The van der Waals surface area contributed by atoms with Crippen molar-refractivity contribution < 1.29 is 0 Å². The summed E-state index contributed by atoms with van der Waals surface area (Å²) < 4.78 is 0. The van der Waals surface area contributed by atoms with Gasteiger partial charge in [-0.2, -0.15) is 0 Å². The van der Waals surface area contributed by atoms with Gasteiger partial charge in [0.05, 0.1) is 0 Å². The Labute approximate surface area is 98.2 Å². The van der Waals surface area contributed by atoms with Gasteiger partial charge in [0.15, 0.2) is 0 Å². The molecule has 0 N–H and O–H groups in total. The lowest BCUT2D eigenvalue weighted by Gasteiger charge is -1.96. The van der Waals surface area contributed by atoms with Crippen molar-refractivity contribution in [1.82, 2.24) is 0 Å². The Kier molecular flexibility index (Phi) is 46.0. The molecule has 0 saturated heterocycles. The molecule has 15 heavy (non-hydrogen) atoms. The van der Waals surface area contributed by atoms with Crippen molar-refractivity contribution in [2.75, 3.05) is 0 Å². The zero-order valence-electron chi connectivity index (χ0n) is 11.6. The average molecular weight is 208 g/mol. The molecule has 0 heterocycles. The van der Waals surface area contributed by atoms with Crippen LogP contribution < -0.4 is 0 Å². The molecule has 0 aliphatic heterocycles. The Morgan fingerprint density at radius 2 is 1.47 bits per heavy atom. The van der Waals surface area contributed by atoms with Crippen LogP contribution in [0, 0.1) is 31.1 Å². The van der Waals surface area contributed by atoms with Gasteiger partial charge in [0.25, 0.3) is 0 Å². The Morgan fingerprint density at radius 1 is 1.20 bits per heavy atom. The van der Waals surface area contributed by atoms with Crippen LogP contribution in [0.25, 0.3) is 0 Å². The first-order valence-electron chi connectivity index (χ1n) is 5.38. The molecule has 0 rings (SSSR count). The molecular weight excluding hydrogens is 180 g/mol. The molecule has 0 aromatic heterocycles. The normalized spacial score (nSPS) is 6.20. The van der Waals surface area contributed by atoms with Crippen LogP contribution in [0.1, 0.15) is 54.9 Å². The van der Waals surface area contributed by atoms with E-state index >= 15 is 0 Å². The van der Waals surface area contributed by atoms with Gasteiger partial charge in [0.1, 0.15) is 0 Å². The summed E-state index contributed by atoms with van der Waals surface area (Å²) in [6.45, 7) is 14.4. The van der Waals surface area contributed by atoms with Crippen LogP contribution in [0.3, 0.4) is 0 Å². The summed E-state index contributed by atoms with van der Waals surface area (Å²) in [4.78, 5) is 0. The summed E-state index contributed by atoms with van der Waals surface area (Å²) >= 11 is 0. The van der Waals surface area contributed by atoms with E-state index in [4.69, 9.17) is 0 Å². The lowest BCUT2D eigenvalue weighted by molar-refractivity contribution is 0.661. The quantitative estimate of drug-likeness (QED) is 0.446. The van der Waals surface area contributed by atoms with Crippen molar-refractivity contribution >= 4 is 0 Å². The monoisotopic (exact) mass is 208 g/mol. The summed E-state index contributed by atoms with van der Waals surface area (Å²) in [5.41, 5.74) is 1.43. The second-order valence-electron chi connectivity index (χ2n) is 3.20. The minimum absolute atomic E-state index is 0.810. The molecule has 0 aromatic carbocycles. The van der Waals surface area contributed by atoms with Gasteiger partial charge in [0.2, 0.25) is 0 Å². The van der Waals surface area contributed by atoms with Gasteiger partial charge in [-0.25, -0.2) is 0 Å². The zero-order chi connectivity index (χ0) is 13.3. The van der Waals surface area contributed by atoms with Crippen molar-refractivity contribution in [2.45, 2.75) is 54.9 Å². The fourth-order valence-electron chi connectivity index (χ4n) is 0.471. The fourth-order valence-corrected chi connectivity index (χ4v) is 0.471. The molecule has 0 spiro atoms. The smallest absolute Gasteiger partial charge is 0.00297 e. The second kappa shape index (κ2) is 29.3. The molecule has 0 unspecified atom stereocenters. The number of hydrogen-bond acceptors (Lipinski definition) is 0. The highest BCUT2D eigenvalue weighted by molar-refractivity contribution is 4.92. The minimum atomic E-state index is 0.810. The zero-order valence-corrected chi connectivity index (χ0v) is 11.6. The maximum atomic E-state index is 4.60. The third kappa shape index (κ3) is 102. The van der Waals surface area contributed by atoms with E-state index in [-0.39, 0.29) is 0 Å². The number of allylic oxidation sites excluding steroid dienone is 2. The topological polar surface area (TPSA) is 0 Å². The molecule has 0 radical (unpaired) electrons. The van der Waals surface area contributed by atoms with Crippen LogP contribution in [0.2, 0.25) is 0 Å². The van der Waals surface area contributed by atoms with Gasteiger partial charge < -0.3 is 0 Å². The third-order valence-corrected chi connectivity index (χ3v) is 0.998. The molecule has 0 nitrogen and oxygen atoms in total. The summed E-state index contributed by atoms with van der Waals surface area (Å²) in [7, 11) is 0. The van der Waals surface area contributed by atoms with Crippen molar-refractivity contribution in [3.63, 3.8) is 0 Å². The average Bonchev–Trinajstić information content (AvgIpc) is 2.22. The second-order valence-corrected chi connectivity index (χ2v) is 3.20. The summed E-state index contributed by atoms with van der Waals surface area (Å²) in [6.07, 6.45) is 16.1. The van der Waals surface area contributed by atoms with Gasteiger partial charge in [-0.15, -0.1) is 25.2 Å². The molecule has 0 aliphatic rings. The van der Waals surface area contributed by atoms with Gasteiger partial charge >= 0.3 is 0 Å². The Hall–Kier alpha value is -1.14. The number of terminal acetylenes is 2. The number of hydrogen-bond donors (Lipinski definition) is 0. The molecule has 0 aliphatic carbocycles. The van der Waals surface area contributed by atoms with E-state index in [1.165, 1.54) is 12.0 Å². The van der Waals surface area contributed by atoms with Crippen LogP contribution in [-0.2, 0) is 0 Å². The summed E-state index contributed by atoms with van der Waals surface area (Å²) in [5, 5.41) is 0. The molecule has 0 aromatic rings. The van der Waals surface area contributed by atoms with E-state index in [1.807, 2.05) is 13.8 Å². The first-order chi connectivity index (χ1) is 7.04. The summed E-state index contributed by atoms with van der Waals surface area (Å²) in [5.74, 6) is 3.06. The Bertz CT molecular complexity index is 158. The van der Waals surface area contributed by atoms with E-state index in [2.05, 4.69) is 59.0 Å². The van der Waals surface area contributed by atoms with E-state index in [0.717, 1.165) is 5.92 Å². The van der Waals surface area contributed by atoms with E-state index in [1.54, 1.807) is 6.92 Å². The molecule has 0 bridgehead atoms. The first-order valence-corrected chi connectivity index (χ1v) is 5.38. The van der Waals surface area contributed by atoms with Crippen LogP contribution >= 0.6 is 0 Å². The van der Waals surface area contributed by atoms with Gasteiger partial charge in [-0.3, -0.25) is 0 Å². The highest BCUT2D eigenvalue weighted by atomic mass is 13.9. The van der Waals surface area contributed by atoms with E-state index < -0.39 is 0 Å². The highest BCUT2D eigenvalue weighted by Gasteiger charge is 1.86. The van der Waals surface area contributed by atoms with Gasteiger partial charge in [-0.1, -0.05) is 39.3 Å². The minimum Gasteiger partial charge on any atom is -0.124 e.